The summed E-state index contributed by atoms with van der Waals surface area (Å²) in [5.41, 5.74) is 14.5. The second-order valence-corrected chi connectivity index (χ2v) is 5.62. The van der Waals surface area contributed by atoms with E-state index in [2.05, 4.69) is 4.98 Å². The number of hydrogen-bond donors (Lipinski definition) is 2. The van der Waals surface area contributed by atoms with Gasteiger partial charge in [-0.2, -0.15) is 5.26 Å². The van der Waals surface area contributed by atoms with Gasteiger partial charge in [0.05, 0.1) is 16.6 Å². The standard InChI is InChI=1S/C19H13N5O/c20-10-12-15(21)14-13-8-4-5-9-24(13)17(16(14)23-19(12)22)18(25)11-6-2-1-3-7-11/h1-9H,21H2,(H2,22,23). The molecule has 0 aliphatic carbocycles. The molecule has 0 aliphatic heterocycles. The van der Waals surface area contributed by atoms with Crippen LogP contribution < -0.4 is 11.5 Å². The number of nitriles is 1. The van der Waals surface area contributed by atoms with Gasteiger partial charge in [-0.25, -0.2) is 4.98 Å². The van der Waals surface area contributed by atoms with Crippen LogP contribution >= 0.6 is 0 Å². The molecule has 6 nitrogen and oxygen atoms in total. The van der Waals surface area contributed by atoms with Crippen LogP contribution in [-0.4, -0.2) is 15.2 Å². The largest absolute Gasteiger partial charge is 0.397 e. The van der Waals surface area contributed by atoms with Crippen LogP contribution in [0.2, 0.25) is 0 Å². The zero-order chi connectivity index (χ0) is 17.6. The van der Waals surface area contributed by atoms with E-state index in [-0.39, 0.29) is 22.9 Å². The summed E-state index contributed by atoms with van der Waals surface area (Å²) in [5.74, 6) is -0.168. The van der Waals surface area contributed by atoms with E-state index < -0.39 is 0 Å². The quantitative estimate of drug-likeness (QED) is 0.550. The van der Waals surface area contributed by atoms with Crippen molar-refractivity contribution in [2.24, 2.45) is 0 Å². The van der Waals surface area contributed by atoms with Crippen molar-refractivity contribution in [3.8, 4) is 6.07 Å². The van der Waals surface area contributed by atoms with Gasteiger partial charge in [0.1, 0.15) is 28.7 Å². The summed E-state index contributed by atoms with van der Waals surface area (Å²) in [4.78, 5) is 17.4. The maximum Gasteiger partial charge on any atom is 0.211 e. The molecule has 3 aromatic heterocycles. The SMILES string of the molecule is N#Cc1c(N)nc2c(C(=O)c3ccccc3)n3ccccc3c2c1N. The Morgan fingerprint density at radius 2 is 1.80 bits per heavy atom. The van der Waals surface area contributed by atoms with Crippen molar-refractivity contribution < 1.29 is 4.79 Å². The number of ketones is 1. The number of carbonyl (C=O) groups is 1. The van der Waals surface area contributed by atoms with Crippen molar-refractivity contribution in [1.82, 2.24) is 9.38 Å². The Kier molecular flexibility index (Phi) is 3.15. The van der Waals surface area contributed by atoms with Crippen molar-refractivity contribution >= 4 is 33.7 Å². The highest BCUT2D eigenvalue weighted by Gasteiger charge is 2.24. The minimum atomic E-state index is -0.187. The van der Waals surface area contributed by atoms with E-state index in [1.54, 1.807) is 34.9 Å². The van der Waals surface area contributed by atoms with E-state index >= 15 is 0 Å². The molecule has 25 heavy (non-hydrogen) atoms. The van der Waals surface area contributed by atoms with Gasteiger partial charge in [0.2, 0.25) is 5.78 Å². The second-order valence-electron chi connectivity index (χ2n) is 5.62. The zero-order valence-corrected chi connectivity index (χ0v) is 13.1. The lowest BCUT2D eigenvalue weighted by atomic mass is 10.1. The molecule has 0 bridgehead atoms. The molecule has 0 radical (unpaired) electrons. The van der Waals surface area contributed by atoms with Crippen LogP contribution in [0.3, 0.4) is 0 Å². The molecule has 0 spiro atoms. The van der Waals surface area contributed by atoms with Gasteiger partial charge in [-0.1, -0.05) is 36.4 Å². The highest BCUT2D eigenvalue weighted by Crippen LogP contribution is 2.35. The molecule has 0 saturated carbocycles. The first-order valence-corrected chi connectivity index (χ1v) is 7.61. The number of aromatic nitrogens is 2. The third-order valence-corrected chi connectivity index (χ3v) is 4.21. The summed E-state index contributed by atoms with van der Waals surface area (Å²) < 4.78 is 1.74. The van der Waals surface area contributed by atoms with Gasteiger partial charge >= 0.3 is 0 Å². The minimum absolute atomic E-state index is 0.0190. The number of rotatable bonds is 2. The first-order valence-electron chi connectivity index (χ1n) is 7.61. The van der Waals surface area contributed by atoms with Crippen molar-refractivity contribution in [1.29, 1.82) is 5.26 Å². The van der Waals surface area contributed by atoms with E-state index in [0.717, 1.165) is 0 Å². The minimum Gasteiger partial charge on any atom is -0.397 e. The molecule has 1 aromatic carbocycles. The molecule has 4 N–H and O–H groups in total. The molecular formula is C19H13N5O. The maximum atomic E-state index is 13.1. The predicted molar refractivity (Wildman–Crippen MR) is 96.1 cm³/mol. The Morgan fingerprint density at radius 1 is 1.08 bits per heavy atom. The Hall–Kier alpha value is -3.85. The fraction of sp³-hybridized carbons (Fsp3) is 0. The van der Waals surface area contributed by atoms with Crippen LogP contribution in [-0.2, 0) is 0 Å². The van der Waals surface area contributed by atoms with Gasteiger partial charge in [-0.3, -0.25) is 4.79 Å². The van der Waals surface area contributed by atoms with Crippen LogP contribution in [0.5, 0.6) is 0 Å². The molecule has 6 heteroatoms. The number of fused-ring (bicyclic) bond motifs is 3. The number of pyridine rings is 2. The van der Waals surface area contributed by atoms with Crippen molar-refractivity contribution in [3.63, 3.8) is 0 Å². The summed E-state index contributed by atoms with van der Waals surface area (Å²) in [5, 5.41) is 9.86. The van der Waals surface area contributed by atoms with Gasteiger partial charge in [0, 0.05) is 11.8 Å². The van der Waals surface area contributed by atoms with Gasteiger partial charge in [0.25, 0.3) is 0 Å². The summed E-state index contributed by atoms with van der Waals surface area (Å²) in [6.07, 6.45) is 1.77. The van der Waals surface area contributed by atoms with E-state index in [1.807, 2.05) is 30.3 Å². The van der Waals surface area contributed by atoms with Crippen LogP contribution in [0.4, 0.5) is 11.5 Å². The van der Waals surface area contributed by atoms with Gasteiger partial charge in [-0.05, 0) is 12.1 Å². The lowest BCUT2D eigenvalue weighted by molar-refractivity contribution is 0.103. The predicted octanol–water partition coefficient (Wildman–Crippen LogP) is 2.75. The summed E-state index contributed by atoms with van der Waals surface area (Å²) in [6.45, 7) is 0. The maximum absolute atomic E-state index is 13.1. The fourth-order valence-corrected chi connectivity index (χ4v) is 3.07. The van der Waals surface area contributed by atoms with Crippen LogP contribution in [0, 0.1) is 11.3 Å². The third kappa shape index (κ3) is 2.03. The van der Waals surface area contributed by atoms with Crippen molar-refractivity contribution in [3.05, 3.63) is 71.5 Å². The average Bonchev–Trinajstić information content (AvgIpc) is 2.96. The van der Waals surface area contributed by atoms with Crippen molar-refractivity contribution in [2.75, 3.05) is 11.5 Å². The number of hydrogen-bond acceptors (Lipinski definition) is 5. The number of nitrogen functional groups attached to an aromatic ring is 2. The zero-order valence-electron chi connectivity index (χ0n) is 13.1. The van der Waals surface area contributed by atoms with Gasteiger partial charge in [-0.15, -0.1) is 0 Å². The Labute approximate surface area is 142 Å². The van der Waals surface area contributed by atoms with Gasteiger partial charge < -0.3 is 15.9 Å². The summed E-state index contributed by atoms with van der Waals surface area (Å²) in [7, 11) is 0. The Balaban J connectivity index is 2.17. The number of nitrogens with two attached hydrogens (primary N) is 2. The first kappa shape index (κ1) is 14.7. The smallest absolute Gasteiger partial charge is 0.211 e. The molecule has 0 saturated heterocycles. The van der Waals surface area contributed by atoms with Crippen LogP contribution in [0.1, 0.15) is 21.6 Å². The van der Waals surface area contributed by atoms with Crippen LogP contribution in [0.15, 0.2) is 54.7 Å². The van der Waals surface area contributed by atoms with E-state index in [0.29, 0.717) is 27.7 Å². The number of benzene rings is 1. The van der Waals surface area contributed by atoms with Crippen molar-refractivity contribution in [2.45, 2.75) is 0 Å². The molecular weight excluding hydrogens is 314 g/mol. The summed E-state index contributed by atoms with van der Waals surface area (Å²) >= 11 is 0. The second kappa shape index (κ2) is 5.35. The fourth-order valence-electron chi connectivity index (χ4n) is 3.07. The molecule has 4 rings (SSSR count). The molecule has 0 atom stereocenters. The molecule has 0 amide bonds. The lowest BCUT2D eigenvalue weighted by Gasteiger charge is -2.04. The molecule has 3 heterocycles. The Bertz CT molecular complexity index is 1190. The number of nitrogens with zero attached hydrogens (tertiary/aromatic N) is 3. The average molecular weight is 327 g/mol. The molecule has 0 unspecified atom stereocenters. The summed E-state index contributed by atoms with van der Waals surface area (Å²) in [6, 6.07) is 16.4. The van der Waals surface area contributed by atoms with E-state index in [1.165, 1.54) is 0 Å². The molecule has 0 aliphatic rings. The highest BCUT2D eigenvalue weighted by atomic mass is 16.1. The number of carbonyl (C=O) groups excluding carboxylic acids is 1. The monoisotopic (exact) mass is 327 g/mol. The molecule has 4 aromatic rings. The van der Waals surface area contributed by atoms with E-state index in [4.69, 9.17) is 11.5 Å². The normalized spacial score (nSPS) is 10.8. The molecule has 0 fully saturated rings. The van der Waals surface area contributed by atoms with E-state index in [9.17, 15) is 10.1 Å². The highest BCUT2D eigenvalue weighted by molar-refractivity contribution is 6.20. The lowest BCUT2D eigenvalue weighted by Crippen LogP contribution is -2.07. The molecule has 120 valence electrons. The topological polar surface area (TPSA) is 110 Å². The number of anilines is 2. The van der Waals surface area contributed by atoms with Gasteiger partial charge in [0.15, 0.2) is 0 Å². The van der Waals surface area contributed by atoms with Crippen LogP contribution in [0.25, 0.3) is 16.4 Å². The third-order valence-electron chi connectivity index (χ3n) is 4.21. The Morgan fingerprint density at radius 3 is 2.52 bits per heavy atom. The first-order chi connectivity index (χ1) is 12.1.